The van der Waals surface area contributed by atoms with E-state index in [1.165, 1.54) is 13.0 Å². The lowest BCUT2D eigenvalue weighted by Gasteiger charge is -2.37. The second-order valence-corrected chi connectivity index (χ2v) is 6.40. The van der Waals surface area contributed by atoms with Gasteiger partial charge in [0.1, 0.15) is 5.69 Å². The number of Topliss-reactive ketones (excluding diaryl/α,β-unsaturated/α-hetero) is 1. The molecule has 0 radical (unpaired) electrons. The first-order chi connectivity index (χ1) is 12.0. The second kappa shape index (κ2) is 7.11. The summed E-state index contributed by atoms with van der Waals surface area (Å²) in [7, 11) is 0. The van der Waals surface area contributed by atoms with E-state index in [1.807, 2.05) is 29.2 Å². The molecule has 0 aliphatic carbocycles. The van der Waals surface area contributed by atoms with Gasteiger partial charge in [0.25, 0.3) is 5.69 Å². The minimum atomic E-state index is -0.423. The molecule has 0 aromatic heterocycles. The summed E-state index contributed by atoms with van der Waals surface area (Å²) in [5, 5.41) is 12.1. The van der Waals surface area contributed by atoms with E-state index in [0.29, 0.717) is 29.4 Å². The van der Waals surface area contributed by atoms with E-state index in [0.717, 1.165) is 18.8 Å². The molecule has 2 aromatic carbocycles. The summed E-state index contributed by atoms with van der Waals surface area (Å²) in [5.74, 6) is -0.179. The van der Waals surface area contributed by atoms with Crippen LogP contribution >= 0.6 is 11.6 Å². The number of rotatable bonds is 4. The highest BCUT2D eigenvalue weighted by Gasteiger charge is 2.24. The molecular formula is C18H18ClN3O3. The zero-order valence-electron chi connectivity index (χ0n) is 13.8. The van der Waals surface area contributed by atoms with Crippen molar-refractivity contribution in [1.29, 1.82) is 0 Å². The van der Waals surface area contributed by atoms with Crippen molar-refractivity contribution in [3.05, 3.63) is 63.2 Å². The SMILES string of the molecule is CC(=O)c1ccc(N2CCN(c3ccc(Cl)cc3)CC2)c([N+](=O)[O-])c1. The van der Waals surface area contributed by atoms with E-state index in [9.17, 15) is 14.9 Å². The summed E-state index contributed by atoms with van der Waals surface area (Å²) in [6.07, 6.45) is 0. The van der Waals surface area contributed by atoms with Crippen molar-refractivity contribution in [2.24, 2.45) is 0 Å². The molecule has 1 aliphatic rings. The Morgan fingerprint density at radius 2 is 1.64 bits per heavy atom. The van der Waals surface area contributed by atoms with Gasteiger partial charge in [0.15, 0.2) is 5.78 Å². The fraction of sp³-hybridized carbons (Fsp3) is 0.278. The van der Waals surface area contributed by atoms with Crippen LogP contribution in [-0.2, 0) is 0 Å². The molecule has 130 valence electrons. The number of carbonyl (C=O) groups excluding carboxylic acids is 1. The number of benzene rings is 2. The summed E-state index contributed by atoms with van der Waals surface area (Å²) in [4.78, 5) is 26.7. The number of piperazine rings is 1. The van der Waals surface area contributed by atoms with Gasteiger partial charge in [0.05, 0.1) is 4.92 Å². The molecule has 0 bridgehead atoms. The molecule has 0 spiro atoms. The van der Waals surface area contributed by atoms with Gasteiger partial charge >= 0.3 is 0 Å². The van der Waals surface area contributed by atoms with Crippen LogP contribution in [0.2, 0.25) is 5.02 Å². The number of hydrogen-bond donors (Lipinski definition) is 0. The van der Waals surface area contributed by atoms with Crippen LogP contribution in [-0.4, -0.2) is 36.9 Å². The van der Waals surface area contributed by atoms with Crippen LogP contribution in [0.15, 0.2) is 42.5 Å². The van der Waals surface area contributed by atoms with E-state index in [1.54, 1.807) is 12.1 Å². The monoisotopic (exact) mass is 359 g/mol. The molecule has 7 heteroatoms. The Morgan fingerprint density at radius 3 is 2.20 bits per heavy atom. The summed E-state index contributed by atoms with van der Waals surface area (Å²) >= 11 is 5.92. The first-order valence-corrected chi connectivity index (χ1v) is 8.38. The number of nitro benzene ring substituents is 1. The van der Waals surface area contributed by atoms with Crippen molar-refractivity contribution in [2.45, 2.75) is 6.92 Å². The number of halogens is 1. The molecule has 25 heavy (non-hydrogen) atoms. The summed E-state index contributed by atoms with van der Waals surface area (Å²) in [6, 6.07) is 12.3. The van der Waals surface area contributed by atoms with E-state index < -0.39 is 4.92 Å². The molecule has 1 aliphatic heterocycles. The predicted molar refractivity (Wildman–Crippen MR) is 99.0 cm³/mol. The van der Waals surface area contributed by atoms with Crippen LogP contribution in [0.1, 0.15) is 17.3 Å². The maximum absolute atomic E-state index is 11.5. The van der Waals surface area contributed by atoms with Crippen LogP contribution in [0.4, 0.5) is 17.1 Å². The molecule has 2 aromatic rings. The average Bonchev–Trinajstić information content (AvgIpc) is 2.62. The van der Waals surface area contributed by atoms with Crippen molar-refractivity contribution in [1.82, 2.24) is 0 Å². The van der Waals surface area contributed by atoms with Gasteiger partial charge in [0.2, 0.25) is 0 Å². The van der Waals surface area contributed by atoms with Crippen molar-refractivity contribution < 1.29 is 9.72 Å². The third-order valence-corrected chi connectivity index (χ3v) is 4.64. The predicted octanol–water partition coefficient (Wildman–Crippen LogP) is 3.78. The van der Waals surface area contributed by atoms with Crippen LogP contribution in [0.5, 0.6) is 0 Å². The minimum Gasteiger partial charge on any atom is -0.368 e. The normalized spacial score (nSPS) is 14.5. The molecule has 0 N–H and O–H groups in total. The largest absolute Gasteiger partial charge is 0.368 e. The van der Waals surface area contributed by atoms with Crippen LogP contribution in [0.25, 0.3) is 0 Å². The lowest BCUT2D eigenvalue weighted by Crippen LogP contribution is -2.46. The fourth-order valence-corrected chi connectivity index (χ4v) is 3.14. The third kappa shape index (κ3) is 3.74. The second-order valence-electron chi connectivity index (χ2n) is 5.97. The third-order valence-electron chi connectivity index (χ3n) is 4.39. The zero-order chi connectivity index (χ0) is 18.0. The number of hydrogen-bond acceptors (Lipinski definition) is 5. The molecule has 1 heterocycles. The highest BCUT2D eigenvalue weighted by molar-refractivity contribution is 6.30. The molecule has 0 saturated carbocycles. The van der Waals surface area contributed by atoms with Crippen molar-refractivity contribution in [2.75, 3.05) is 36.0 Å². The average molecular weight is 360 g/mol. The summed E-state index contributed by atoms with van der Waals surface area (Å²) in [5.41, 5.74) is 1.99. The number of anilines is 2. The van der Waals surface area contributed by atoms with Crippen molar-refractivity contribution in [3.63, 3.8) is 0 Å². The van der Waals surface area contributed by atoms with E-state index in [-0.39, 0.29) is 11.5 Å². The van der Waals surface area contributed by atoms with Crippen LogP contribution < -0.4 is 9.80 Å². The Labute approximate surface area is 150 Å². The molecule has 1 fully saturated rings. The lowest BCUT2D eigenvalue weighted by atomic mass is 10.1. The van der Waals surface area contributed by atoms with Gasteiger partial charge in [-0.3, -0.25) is 14.9 Å². The van der Waals surface area contributed by atoms with Gasteiger partial charge in [-0.1, -0.05) is 11.6 Å². The van der Waals surface area contributed by atoms with Gasteiger partial charge in [-0.2, -0.15) is 0 Å². The zero-order valence-corrected chi connectivity index (χ0v) is 14.6. The number of ketones is 1. The Bertz CT molecular complexity index is 800. The first-order valence-electron chi connectivity index (χ1n) is 8.00. The van der Waals surface area contributed by atoms with E-state index >= 15 is 0 Å². The summed E-state index contributed by atoms with van der Waals surface area (Å²) in [6.45, 7) is 4.26. The van der Waals surface area contributed by atoms with Gasteiger partial charge in [-0.05, 0) is 43.3 Å². The molecule has 0 amide bonds. The van der Waals surface area contributed by atoms with Gasteiger partial charge in [0, 0.05) is 48.5 Å². The topological polar surface area (TPSA) is 66.7 Å². The number of nitro groups is 1. The van der Waals surface area contributed by atoms with E-state index in [4.69, 9.17) is 11.6 Å². The molecule has 6 nitrogen and oxygen atoms in total. The number of carbonyl (C=O) groups is 1. The highest BCUT2D eigenvalue weighted by atomic mass is 35.5. The van der Waals surface area contributed by atoms with Gasteiger partial charge < -0.3 is 9.80 Å². The van der Waals surface area contributed by atoms with Crippen LogP contribution in [0.3, 0.4) is 0 Å². The van der Waals surface area contributed by atoms with Crippen molar-refractivity contribution >= 4 is 34.4 Å². The van der Waals surface area contributed by atoms with E-state index in [2.05, 4.69) is 4.90 Å². The Hall–Kier alpha value is -2.60. The number of nitrogens with zero attached hydrogens (tertiary/aromatic N) is 3. The minimum absolute atomic E-state index is 0.0207. The highest BCUT2D eigenvalue weighted by Crippen LogP contribution is 2.31. The summed E-state index contributed by atoms with van der Waals surface area (Å²) < 4.78 is 0. The standard InChI is InChI=1S/C18H18ClN3O3/c1-13(23)14-2-7-17(18(12-14)22(24)25)21-10-8-20(9-11-21)16-5-3-15(19)4-6-16/h2-7,12H,8-11H2,1H3. The maximum Gasteiger partial charge on any atom is 0.293 e. The molecule has 0 atom stereocenters. The van der Waals surface area contributed by atoms with Gasteiger partial charge in [-0.15, -0.1) is 0 Å². The molecule has 0 unspecified atom stereocenters. The Balaban J connectivity index is 1.77. The quantitative estimate of drug-likeness (QED) is 0.472. The Morgan fingerprint density at radius 1 is 1.04 bits per heavy atom. The van der Waals surface area contributed by atoms with Crippen LogP contribution in [0, 0.1) is 10.1 Å². The molecular weight excluding hydrogens is 342 g/mol. The van der Waals surface area contributed by atoms with Crippen molar-refractivity contribution in [3.8, 4) is 0 Å². The fourth-order valence-electron chi connectivity index (χ4n) is 3.01. The molecule has 1 saturated heterocycles. The molecule has 3 rings (SSSR count). The maximum atomic E-state index is 11.5. The first kappa shape index (κ1) is 17.2. The smallest absolute Gasteiger partial charge is 0.293 e. The van der Waals surface area contributed by atoms with Gasteiger partial charge in [-0.25, -0.2) is 0 Å². The lowest BCUT2D eigenvalue weighted by molar-refractivity contribution is -0.384. The Kier molecular flexibility index (Phi) is 4.90.